The van der Waals surface area contributed by atoms with Gasteiger partial charge in [-0.25, -0.2) is 4.98 Å². The molecule has 0 aliphatic rings. The summed E-state index contributed by atoms with van der Waals surface area (Å²) >= 11 is 1.43. The van der Waals surface area contributed by atoms with Crippen LogP contribution in [0.3, 0.4) is 0 Å². The summed E-state index contributed by atoms with van der Waals surface area (Å²) in [6.07, 6.45) is 1.88. The van der Waals surface area contributed by atoms with E-state index in [-0.39, 0.29) is 18.5 Å². The maximum Gasteiger partial charge on any atom is 0.310 e. The first-order valence-electron chi connectivity index (χ1n) is 5.99. The van der Waals surface area contributed by atoms with Crippen LogP contribution in [0.1, 0.15) is 19.4 Å². The molecule has 0 spiro atoms. The van der Waals surface area contributed by atoms with E-state index >= 15 is 0 Å². The highest BCUT2D eigenvalue weighted by atomic mass is 32.1. The number of hydrogen-bond donors (Lipinski definition) is 0. The second kappa shape index (κ2) is 6.33. The van der Waals surface area contributed by atoms with E-state index in [2.05, 4.69) is 4.98 Å². The van der Waals surface area contributed by atoms with E-state index in [9.17, 15) is 4.79 Å². The minimum Gasteiger partial charge on any atom is -0.463 e. The standard InChI is InChI=1S/C14H15NO3S/c1-10(2)17-13(16)9-11-3-5-12(6-4-11)18-14-15-7-8-19-14/h3-8,10H,9H2,1-2H3. The third-order valence-corrected chi connectivity index (χ3v) is 2.90. The predicted molar refractivity (Wildman–Crippen MR) is 73.6 cm³/mol. The van der Waals surface area contributed by atoms with E-state index in [1.807, 2.05) is 43.5 Å². The lowest BCUT2D eigenvalue weighted by molar-refractivity contribution is -0.146. The van der Waals surface area contributed by atoms with Crippen LogP contribution in [0.25, 0.3) is 0 Å². The average molecular weight is 277 g/mol. The molecule has 100 valence electrons. The minimum absolute atomic E-state index is 0.0833. The summed E-state index contributed by atoms with van der Waals surface area (Å²) in [5.74, 6) is 0.486. The van der Waals surface area contributed by atoms with E-state index in [1.165, 1.54) is 11.3 Å². The maximum atomic E-state index is 11.5. The number of esters is 1. The monoisotopic (exact) mass is 277 g/mol. The van der Waals surface area contributed by atoms with E-state index in [0.717, 1.165) is 5.56 Å². The first-order valence-corrected chi connectivity index (χ1v) is 6.87. The molecule has 0 unspecified atom stereocenters. The fourth-order valence-electron chi connectivity index (χ4n) is 1.51. The average Bonchev–Trinajstić information content (AvgIpc) is 2.83. The van der Waals surface area contributed by atoms with Crippen LogP contribution < -0.4 is 4.74 Å². The molecule has 2 aromatic rings. The lowest BCUT2D eigenvalue weighted by atomic mass is 10.1. The number of benzene rings is 1. The molecule has 19 heavy (non-hydrogen) atoms. The van der Waals surface area contributed by atoms with Gasteiger partial charge in [0.1, 0.15) is 5.75 Å². The Morgan fingerprint density at radius 1 is 1.32 bits per heavy atom. The Balaban J connectivity index is 1.93. The molecule has 0 aliphatic carbocycles. The number of hydrogen-bond acceptors (Lipinski definition) is 5. The number of aromatic nitrogens is 1. The molecule has 0 bridgehead atoms. The molecule has 0 N–H and O–H groups in total. The molecule has 0 aliphatic heterocycles. The fraction of sp³-hybridized carbons (Fsp3) is 0.286. The van der Waals surface area contributed by atoms with Gasteiger partial charge < -0.3 is 9.47 Å². The van der Waals surface area contributed by atoms with E-state index < -0.39 is 0 Å². The SMILES string of the molecule is CC(C)OC(=O)Cc1ccc(Oc2nccs2)cc1. The molecule has 0 saturated heterocycles. The third-order valence-electron chi connectivity index (χ3n) is 2.25. The molecule has 1 aromatic carbocycles. The summed E-state index contributed by atoms with van der Waals surface area (Å²) < 4.78 is 10.6. The van der Waals surface area contributed by atoms with Gasteiger partial charge in [0.05, 0.1) is 12.5 Å². The Kier molecular flexibility index (Phi) is 4.52. The Bertz CT molecular complexity index is 520. The summed E-state index contributed by atoms with van der Waals surface area (Å²) in [7, 11) is 0. The zero-order chi connectivity index (χ0) is 13.7. The third kappa shape index (κ3) is 4.37. The summed E-state index contributed by atoms with van der Waals surface area (Å²) in [6.45, 7) is 3.67. The van der Waals surface area contributed by atoms with Crippen molar-refractivity contribution in [3.05, 3.63) is 41.4 Å². The van der Waals surface area contributed by atoms with Gasteiger partial charge in [-0.1, -0.05) is 23.5 Å². The highest BCUT2D eigenvalue weighted by molar-refractivity contribution is 7.11. The predicted octanol–water partition coefficient (Wildman–Crippen LogP) is 3.43. The van der Waals surface area contributed by atoms with E-state index in [1.54, 1.807) is 6.20 Å². The maximum absolute atomic E-state index is 11.5. The van der Waals surface area contributed by atoms with Gasteiger partial charge in [0.15, 0.2) is 0 Å². The molecule has 0 atom stereocenters. The van der Waals surface area contributed by atoms with Crippen molar-refractivity contribution in [3.8, 4) is 10.9 Å². The summed E-state index contributed by atoms with van der Waals surface area (Å²) in [5, 5.41) is 2.46. The van der Waals surface area contributed by atoms with Crippen LogP contribution >= 0.6 is 11.3 Å². The summed E-state index contributed by atoms with van der Waals surface area (Å²) in [4.78, 5) is 15.5. The fourth-order valence-corrected chi connectivity index (χ4v) is 2.01. The molecule has 1 heterocycles. The van der Waals surface area contributed by atoms with Gasteiger partial charge in [-0.3, -0.25) is 4.79 Å². The number of rotatable bonds is 5. The first kappa shape index (κ1) is 13.5. The molecule has 4 nitrogen and oxygen atoms in total. The van der Waals surface area contributed by atoms with Crippen molar-refractivity contribution in [1.82, 2.24) is 4.98 Å². The first-order chi connectivity index (χ1) is 9.13. The van der Waals surface area contributed by atoms with Gasteiger partial charge in [0, 0.05) is 11.6 Å². The molecule has 0 amide bonds. The Hall–Kier alpha value is -1.88. The van der Waals surface area contributed by atoms with Crippen LogP contribution in [-0.4, -0.2) is 17.1 Å². The molecular formula is C14H15NO3S. The number of carbonyl (C=O) groups is 1. The normalized spacial score (nSPS) is 10.5. The van der Waals surface area contributed by atoms with E-state index in [4.69, 9.17) is 9.47 Å². The Morgan fingerprint density at radius 3 is 2.63 bits per heavy atom. The molecule has 1 aromatic heterocycles. The molecule has 0 saturated carbocycles. The van der Waals surface area contributed by atoms with Crippen LogP contribution in [0.5, 0.6) is 10.9 Å². The minimum atomic E-state index is -0.219. The molecule has 2 rings (SSSR count). The van der Waals surface area contributed by atoms with Crippen molar-refractivity contribution in [3.63, 3.8) is 0 Å². The van der Waals surface area contributed by atoms with Crippen molar-refractivity contribution >= 4 is 17.3 Å². The lowest BCUT2D eigenvalue weighted by Crippen LogP contribution is -2.13. The van der Waals surface area contributed by atoms with Gasteiger partial charge in [-0.05, 0) is 31.5 Å². The van der Waals surface area contributed by atoms with Gasteiger partial charge in [-0.2, -0.15) is 0 Å². The second-order valence-electron chi connectivity index (χ2n) is 4.26. The van der Waals surface area contributed by atoms with Gasteiger partial charge in [0.2, 0.25) is 0 Å². The quantitative estimate of drug-likeness (QED) is 0.786. The smallest absolute Gasteiger partial charge is 0.310 e. The molecule has 0 fully saturated rings. The largest absolute Gasteiger partial charge is 0.463 e. The van der Waals surface area contributed by atoms with Crippen LogP contribution in [0.4, 0.5) is 0 Å². The molecular weight excluding hydrogens is 262 g/mol. The number of nitrogens with zero attached hydrogens (tertiary/aromatic N) is 1. The van der Waals surface area contributed by atoms with Crippen molar-refractivity contribution < 1.29 is 14.3 Å². The molecule has 5 heteroatoms. The second-order valence-corrected chi connectivity index (χ2v) is 5.12. The van der Waals surface area contributed by atoms with Gasteiger partial charge in [-0.15, -0.1) is 0 Å². The van der Waals surface area contributed by atoms with Crippen LogP contribution in [0.2, 0.25) is 0 Å². The van der Waals surface area contributed by atoms with Crippen molar-refractivity contribution in [2.45, 2.75) is 26.4 Å². The lowest BCUT2D eigenvalue weighted by Gasteiger charge is -2.08. The van der Waals surface area contributed by atoms with Gasteiger partial charge >= 0.3 is 5.97 Å². The number of carbonyl (C=O) groups excluding carboxylic acids is 1. The van der Waals surface area contributed by atoms with Gasteiger partial charge in [0.25, 0.3) is 5.19 Å². The highest BCUT2D eigenvalue weighted by Gasteiger charge is 2.07. The summed E-state index contributed by atoms with van der Waals surface area (Å²) in [6, 6.07) is 7.34. The summed E-state index contributed by atoms with van der Waals surface area (Å²) in [5.41, 5.74) is 0.900. The molecule has 0 radical (unpaired) electrons. The van der Waals surface area contributed by atoms with Crippen molar-refractivity contribution in [1.29, 1.82) is 0 Å². The van der Waals surface area contributed by atoms with Crippen molar-refractivity contribution in [2.75, 3.05) is 0 Å². The Labute approximate surface area is 116 Å². The van der Waals surface area contributed by atoms with E-state index in [0.29, 0.717) is 10.9 Å². The topological polar surface area (TPSA) is 48.4 Å². The van der Waals surface area contributed by atoms with Crippen molar-refractivity contribution in [2.24, 2.45) is 0 Å². The highest BCUT2D eigenvalue weighted by Crippen LogP contribution is 2.23. The zero-order valence-corrected chi connectivity index (χ0v) is 11.6. The van der Waals surface area contributed by atoms with Crippen LogP contribution in [0, 0.1) is 0 Å². The Morgan fingerprint density at radius 2 is 2.05 bits per heavy atom. The number of ether oxygens (including phenoxy) is 2. The van der Waals surface area contributed by atoms with Crippen LogP contribution in [-0.2, 0) is 16.0 Å². The zero-order valence-electron chi connectivity index (χ0n) is 10.8. The number of thiazole rings is 1. The van der Waals surface area contributed by atoms with Crippen LogP contribution in [0.15, 0.2) is 35.8 Å².